The molecule has 168 valence electrons. The Morgan fingerprint density at radius 3 is 0.778 bits per heavy atom. The average molecular weight is 464 g/mol. The van der Waals surface area contributed by atoms with Crippen molar-refractivity contribution in [2.45, 2.75) is 0 Å². The number of benzene rings is 4. The molecule has 5 aromatic heterocycles. The summed E-state index contributed by atoms with van der Waals surface area (Å²) in [6.07, 6.45) is 0. The van der Waals surface area contributed by atoms with Crippen molar-refractivity contribution < 1.29 is 0 Å². The van der Waals surface area contributed by atoms with Gasteiger partial charge in [0.15, 0.2) is 0 Å². The molecule has 0 spiro atoms. The Hall–Kier alpha value is -5.24. The van der Waals surface area contributed by atoms with Crippen LogP contribution in [0.25, 0.3) is 67.2 Å². The fourth-order valence-electron chi connectivity index (χ4n) is 5.44. The molecule has 0 aliphatic rings. The molecule has 9 rings (SSSR count). The highest BCUT2D eigenvalue weighted by molar-refractivity contribution is 5.91. The second kappa shape index (κ2) is 6.25. The summed E-state index contributed by atoms with van der Waals surface area (Å²) in [4.78, 5) is 20.5. The van der Waals surface area contributed by atoms with Crippen LogP contribution in [0.3, 0.4) is 0 Å². The van der Waals surface area contributed by atoms with Gasteiger partial charge in [-0.15, -0.1) is 0 Å². The van der Waals surface area contributed by atoms with Crippen LogP contribution in [-0.2, 0) is 0 Å². The van der Waals surface area contributed by atoms with E-state index in [2.05, 4.69) is 41.9 Å². The van der Waals surface area contributed by atoms with Crippen molar-refractivity contribution in [3.63, 3.8) is 0 Å². The second-order valence-corrected chi connectivity index (χ2v) is 8.94. The molecule has 5 heterocycles. The third kappa shape index (κ3) is 2.10. The molecule has 0 unspecified atom stereocenters. The van der Waals surface area contributed by atoms with E-state index in [0.29, 0.717) is 0 Å². The number of rotatable bonds is 0. The normalized spacial score (nSPS) is 12.4. The van der Waals surface area contributed by atoms with Crippen LogP contribution in [0.4, 0.5) is 0 Å². The van der Waals surface area contributed by atoms with Crippen molar-refractivity contribution in [3.8, 4) is 0 Å². The van der Waals surface area contributed by atoms with Gasteiger partial charge in [0.25, 0.3) is 0 Å². The number of hydrogen-bond acceptors (Lipinski definition) is 4. The number of para-hydroxylation sites is 8. The molecule has 0 aliphatic carbocycles. The summed E-state index contributed by atoms with van der Waals surface area (Å²) in [7, 11) is 0. The van der Waals surface area contributed by atoms with Gasteiger partial charge in [0.2, 0.25) is 23.1 Å². The molecule has 0 fully saturated rings. The minimum atomic E-state index is 0.736. The molecule has 4 aromatic carbocycles. The third-order valence-electron chi connectivity index (χ3n) is 6.97. The Bertz CT molecular complexity index is 2000. The molecule has 0 atom stereocenters. The maximum atomic E-state index is 5.12. The molecular weight excluding hydrogens is 448 g/mol. The van der Waals surface area contributed by atoms with Gasteiger partial charge in [-0.3, -0.25) is 0 Å². The van der Waals surface area contributed by atoms with E-state index in [4.69, 9.17) is 19.9 Å². The first-order chi connectivity index (χ1) is 17.9. The Labute approximate surface area is 202 Å². The predicted octanol–water partition coefficient (Wildman–Crippen LogP) is 5.45. The van der Waals surface area contributed by atoms with Crippen LogP contribution in [-0.4, -0.2) is 37.5 Å². The summed E-state index contributed by atoms with van der Waals surface area (Å²) in [5.41, 5.74) is 7.43. The molecular formula is C28H16N8. The first-order valence-corrected chi connectivity index (χ1v) is 11.8. The molecule has 0 amide bonds. The third-order valence-corrected chi connectivity index (χ3v) is 6.97. The minimum absolute atomic E-state index is 0.736. The van der Waals surface area contributed by atoms with Crippen LogP contribution in [0.1, 0.15) is 0 Å². The van der Waals surface area contributed by atoms with Gasteiger partial charge in [0.1, 0.15) is 0 Å². The number of imidazole rings is 4. The largest absolute Gasteiger partial charge is 0.247 e. The van der Waals surface area contributed by atoms with Crippen molar-refractivity contribution in [1.82, 2.24) is 37.5 Å². The van der Waals surface area contributed by atoms with Crippen molar-refractivity contribution in [2.24, 2.45) is 0 Å². The summed E-state index contributed by atoms with van der Waals surface area (Å²) < 4.78 is 8.48. The number of aromatic nitrogens is 8. The van der Waals surface area contributed by atoms with Crippen molar-refractivity contribution >= 4 is 67.2 Å². The summed E-state index contributed by atoms with van der Waals surface area (Å²) in [5, 5.41) is 0. The van der Waals surface area contributed by atoms with E-state index < -0.39 is 0 Å². The summed E-state index contributed by atoms with van der Waals surface area (Å²) in [6.45, 7) is 0. The number of nitrogens with zero attached hydrogens (tertiary/aromatic N) is 8. The molecule has 0 bridgehead atoms. The first-order valence-electron chi connectivity index (χ1n) is 11.8. The van der Waals surface area contributed by atoms with E-state index in [-0.39, 0.29) is 0 Å². The molecule has 0 N–H and O–H groups in total. The zero-order valence-corrected chi connectivity index (χ0v) is 18.8. The van der Waals surface area contributed by atoms with Gasteiger partial charge in [-0.25, -0.2) is 37.5 Å². The molecule has 8 heteroatoms. The van der Waals surface area contributed by atoms with Gasteiger partial charge in [-0.2, -0.15) is 0 Å². The van der Waals surface area contributed by atoms with E-state index in [1.165, 1.54) is 0 Å². The van der Waals surface area contributed by atoms with Crippen LogP contribution >= 0.6 is 0 Å². The average Bonchev–Trinajstić information content (AvgIpc) is 3.65. The lowest BCUT2D eigenvalue weighted by Crippen LogP contribution is -2.03. The smallest absolute Gasteiger partial charge is 0.225 e. The Morgan fingerprint density at radius 1 is 0.306 bits per heavy atom. The molecule has 0 aliphatic heterocycles. The van der Waals surface area contributed by atoms with Gasteiger partial charge < -0.3 is 0 Å². The van der Waals surface area contributed by atoms with E-state index in [1.807, 2.05) is 72.8 Å². The fourth-order valence-corrected chi connectivity index (χ4v) is 5.44. The standard InChI is InChI=1S/C28H16N8/c1-5-13-21-17(9-1)29-25-33(21)26-30-19-11-3-7-15-23(19)35(26)28-32-20-12-4-8-16-24(20)36(28)27-31-18-10-2-6-14-22(18)34(25)27/h1-16H. The highest BCUT2D eigenvalue weighted by Gasteiger charge is 2.20. The van der Waals surface area contributed by atoms with Crippen LogP contribution in [0.15, 0.2) is 97.1 Å². The van der Waals surface area contributed by atoms with Gasteiger partial charge in [-0.1, -0.05) is 48.5 Å². The Kier molecular flexibility index (Phi) is 3.15. The highest BCUT2D eigenvalue weighted by atomic mass is 15.3. The van der Waals surface area contributed by atoms with Crippen LogP contribution in [0.2, 0.25) is 0 Å². The Morgan fingerprint density at radius 2 is 0.528 bits per heavy atom. The van der Waals surface area contributed by atoms with Gasteiger partial charge in [-0.05, 0) is 48.5 Å². The maximum absolute atomic E-state index is 5.12. The molecule has 0 saturated carbocycles. The number of fused-ring (bicyclic) bond motifs is 16. The summed E-state index contributed by atoms with van der Waals surface area (Å²) in [5.74, 6) is 2.94. The second-order valence-electron chi connectivity index (χ2n) is 8.94. The highest BCUT2D eigenvalue weighted by Crippen LogP contribution is 2.28. The SMILES string of the molecule is c1ccc2c(c1)nc1n2c2nc3ccccc3n2c2nc3ccccc3n2c2nc3ccccc3n12. The zero-order chi connectivity index (χ0) is 23.4. The van der Waals surface area contributed by atoms with Gasteiger partial charge >= 0.3 is 0 Å². The van der Waals surface area contributed by atoms with E-state index in [9.17, 15) is 0 Å². The molecule has 8 nitrogen and oxygen atoms in total. The van der Waals surface area contributed by atoms with Crippen LogP contribution < -0.4 is 0 Å². The molecule has 0 radical (unpaired) electrons. The van der Waals surface area contributed by atoms with Crippen molar-refractivity contribution in [3.05, 3.63) is 97.1 Å². The molecule has 9 aromatic rings. The van der Waals surface area contributed by atoms with Gasteiger partial charge in [0.05, 0.1) is 44.1 Å². The van der Waals surface area contributed by atoms with E-state index in [0.717, 1.165) is 67.2 Å². The Balaban J connectivity index is 1.79. The molecule has 36 heavy (non-hydrogen) atoms. The maximum Gasteiger partial charge on any atom is 0.225 e. The summed E-state index contributed by atoms with van der Waals surface area (Å²) in [6, 6.07) is 32.6. The zero-order valence-electron chi connectivity index (χ0n) is 18.8. The van der Waals surface area contributed by atoms with Crippen LogP contribution in [0.5, 0.6) is 0 Å². The first kappa shape index (κ1) is 18.1. The topological polar surface area (TPSA) is 69.2 Å². The van der Waals surface area contributed by atoms with Crippen LogP contribution in [0, 0.1) is 0 Å². The predicted molar refractivity (Wildman–Crippen MR) is 140 cm³/mol. The molecule has 0 saturated heterocycles. The minimum Gasteiger partial charge on any atom is -0.247 e. The lowest BCUT2D eigenvalue weighted by Gasteiger charge is -2.05. The van der Waals surface area contributed by atoms with E-state index >= 15 is 0 Å². The lowest BCUT2D eigenvalue weighted by molar-refractivity contribution is 1.02. The van der Waals surface area contributed by atoms with Crippen molar-refractivity contribution in [1.29, 1.82) is 0 Å². The lowest BCUT2D eigenvalue weighted by atomic mass is 10.3. The number of hydrogen-bond donors (Lipinski definition) is 0. The monoisotopic (exact) mass is 464 g/mol. The van der Waals surface area contributed by atoms with Crippen molar-refractivity contribution in [2.75, 3.05) is 0 Å². The van der Waals surface area contributed by atoms with Gasteiger partial charge in [0, 0.05) is 0 Å². The summed E-state index contributed by atoms with van der Waals surface area (Å²) >= 11 is 0. The fraction of sp³-hybridized carbons (Fsp3) is 0. The quantitative estimate of drug-likeness (QED) is 0.299. The van der Waals surface area contributed by atoms with E-state index in [1.54, 1.807) is 0 Å².